The van der Waals surface area contributed by atoms with Crippen molar-refractivity contribution >= 4 is 44.7 Å². The molecule has 0 radical (unpaired) electrons. The zero-order valence-corrected chi connectivity index (χ0v) is 14.8. The molecule has 1 heterocycles. The van der Waals surface area contributed by atoms with E-state index >= 15 is 0 Å². The molecule has 2 rings (SSSR count). The Kier molecular flexibility index (Phi) is 4.99. The lowest BCUT2D eigenvalue weighted by atomic mass is 9.98. The van der Waals surface area contributed by atoms with E-state index < -0.39 is 5.97 Å². The molecule has 0 aliphatic rings. The van der Waals surface area contributed by atoms with Gasteiger partial charge in [-0.1, -0.05) is 41.0 Å². The number of hydrogen-bond donors (Lipinski definition) is 1. The van der Waals surface area contributed by atoms with Crippen LogP contribution in [0.15, 0.2) is 27.8 Å². The third-order valence-electron chi connectivity index (χ3n) is 3.38. The summed E-state index contributed by atoms with van der Waals surface area (Å²) in [4.78, 5) is 15.5. The van der Waals surface area contributed by atoms with E-state index in [9.17, 15) is 4.79 Å². The molecule has 6 heteroatoms. The van der Waals surface area contributed by atoms with Gasteiger partial charge in [0.2, 0.25) is 0 Å². The first-order valence-corrected chi connectivity index (χ1v) is 8.66. The fourth-order valence-corrected chi connectivity index (χ4v) is 3.80. The average Bonchev–Trinajstić information content (AvgIpc) is 2.74. The molecule has 114 valence electrons. The van der Waals surface area contributed by atoms with Crippen LogP contribution in [-0.2, 0) is 10.3 Å². The van der Waals surface area contributed by atoms with Crippen molar-refractivity contribution in [2.45, 2.75) is 44.3 Å². The third kappa shape index (κ3) is 3.61. The quantitative estimate of drug-likeness (QED) is 0.759. The molecule has 1 N–H and O–H groups in total. The van der Waals surface area contributed by atoms with E-state index in [4.69, 9.17) is 5.11 Å². The minimum atomic E-state index is -0.826. The molecule has 1 aromatic heterocycles. The second-order valence-corrected chi connectivity index (χ2v) is 7.47. The summed E-state index contributed by atoms with van der Waals surface area (Å²) >= 11 is 4.78. The Morgan fingerprint density at radius 3 is 2.81 bits per heavy atom. The van der Waals surface area contributed by atoms with E-state index in [0.29, 0.717) is 0 Å². The van der Waals surface area contributed by atoms with Crippen LogP contribution in [0.4, 0.5) is 0 Å². The van der Waals surface area contributed by atoms with Crippen molar-refractivity contribution in [3.63, 3.8) is 0 Å². The van der Waals surface area contributed by atoms with Gasteiger partial charge < -0.3 is 9.67 Å². The van der Waals surface area contributed by atoms with Crippen LogP contribution in [0.2, 0.25) is 0 Å². The highest BCUT2D eigenvalue weighted by Crippen LogP contribution is 2.34. The van der Waals surface area contributed by atoms with Crippen molar-refractivity contribution in [1.29, 1.82) is 0 Å². The van der Waals surface area contributed by atoms with Gasteiger partial charge in [-0.15, -0.1) is 0 Å². The Morgan fingerprint density at radius 2 is 2.19 bits per heavy atom. The van der Waals surface area contributed by atoms with Gasteiger partial charge in [0.15, 0.2) is 5.16 Å². The maximum absolute atomic E-state index is 10.9. The van der Waals surface area contributed by atoms with E-state index in [2.05, 4.69) is 46.3 Å². The number of rotatable bonds is 6. The summed E-state index contributed by atoms with van der Waals surface area (Å²) < 4.78 is 3.17. The Hall–Kier alpha value is -1.01. The van der Waals surface area contributed by atoms with Crippen molar-refractivity contribution < 1.29 is 9.90 Å². The van der Waals surface area contributed by atoms with Crippen LogP contribution in [0.1, 0.15) is 33.6 Å². The summed E-state index contributed by atoms with van der Waals surface area (Å²) in [5, 5.41) is 9.69. The number of halogens is 1. The number of carboxylic acids is 1. The first kappa shape index (κ1) is 16.4. The summed E-state index contributed by atoms with van der Waals surface area (Å²) in [6, 6.07) is 5.96. The minimum Gasteiger partial charge on any atom is -0.481 e. The van der Waals surface area contributed by atoms with Crippen molar-refractivity contribution in [3.8, 4) is 0 Å². The molecule has 2 aromatic rings. The molecule has 0 saturated heterocycles. The smallest absolute Gasteiger partial charge is 0.313 e. The molecule has 0 aliphatic heterocycles. The number of carbonyl (C=O) groups is 1. The van der Waals surface area contributed by atoms with Crippen LogP contribution in [0.25, 0.3) is 11.0 Å². The molecule has 4 nitrogen and oxygen atoms in total. The number of aromatic nitrogens is 2. The summed E-state index contributed by atoms with van der Waals surface area (Å²) in [6.45, 7) is 6.49. The average molecular weight is 371 g/mol. The van der Waals surface area contributed by atoms with E-state index in [0.717, 1.165) is 33.5 Å². The SMILES string of the molecule is CCCC(C)(C)n1c(SCC(=O)O)nc2ccc(Br)cc21. The van der Waals surface area contributed by atoms with Crippen molar-refractivity contribution in [1.82, 2.24) is 9.55 Å². The van der Waals surface area contributed by atoms with Gasteiger partial charge in [0.25, 0.3) is 0 Å². The van der Waals surface area contributed by atoms with Crippen LogP contribution in [0, 0.1) is 0 Å². The Labute approximate surface area is 137 Å². The molecule has 0 amide bonds. The molecular weight excluding hydrogens is 352 g/mol. The molecule has 0 aliphatic carbocycles. The topological polar surface area (TPSA) is 55.1 Å². The summed E-state index contributed by atoms with van der Waals surface area (Å²) in [6.07, 6.45) is 2.06. The van der Waals surface area contributed by atoms with Crippen molar-refractivity contribution in [2.75, 3.05) is 5.75 Å². The molecular formula is C15H19BrN2O2S. The molecule has 1 aromatic carbocycles. The molecule has 0 bridgehead atoms. The van der Waals surface area contributed by atoms with Crippen LogP contribution >= 0.6 is 27.7 Å². The zero-order chi connectivity index (χ0) is 15.6. The number of nitrogens with zero attached hydrogens (tertiary/aromatic N) is 2. The monoisotopic (exact) mass is 370 g/mol. The highest BCUT2D eigenvalue weighted by molar-refractivity contribution is 9.10. The predicted octanol–water partition coefficient (Wildman–Crippen LogP) is 4.51. The summed E-state index contributed by atoms with van der Waals surface area (Å²) in [5.74, 6) is -0.805. The Morgan fingerprint density at radius 1 is 1.48 bits per heavy atom. The Bertz CT molecular complexity index is 667. The highest BCUT2D eigenvalue weighted by atomic mass is 79.9. The first-order chi connectivity index (χ1) is 9.85. The van der Waals surface area contributed by atoms with Crippen LogP contribution in [-0.4, -0.2) is 26.4 Å². The predicted molar refractivity (Wildman–Crippen MR) is 90.0 cm³/mol. The van der Waals surface area contributed by atoms with E-state index in [-0.39, 0.29) is 11.3 Å². The standard InChI is InChI=1S/C15H19BrN2O2S/c1-4-7-15(2,3)18-12-8-10(16)5-6-11(12)17-14(18)21-9-13(19)20/h5-6,8H,4,7,9H2,1-3H3,(H,19,20). The number of hydrogen-bond acceptors (Lipinski definition) is 3. The highest BCUT2D eigenvalue weighted by Gasteiger charge is 2.26. The zero-order valence-electron chi connectivity index (χ0n) is 12.4. The van der Waals surface area contributed by atoms with Crippen molar-refractivity contribution in [2.24, 2.45) is 0 Å². The van der Waals surface area contributed by atoms with Gasteiger partial charge in [-0.2, -0.15) is 0 Å². The third-order valence-corrected chi connectivity index (χ3v) is 4.79. The van der Waals surface area contributed by atoms with Gasteiger partial charge in [-0.05, 0) is 38.5 Å². The maximum atomic E-state index is 10.9. The van der Waals surface area contributed by atoms with Crippen LogP contribution in [0.3, 0.4) is 0 Å². The number of benzene rings is 1. The minimum absolute atomic E-state index is 0.0205. The second-order valence-electron chi connectivity index (χ2n) is 5.61. The maximum Gasteiger partial charge on any atom is 0.313 e. The fraction of sp³-hybridized carbons (Fsp3) is 0.467. The Balaban J connectivity index is 2.58. The van der Waals surface area contributed by atoms with Crippen LogP contribution < -0.4 is 0 Å². The lowest BCUT2D eigenvalue weighted by Crippen LogP contribution is -2.26. The molecule has 0 atom stereocenters. The molecule has 21 heavy (non-hydrogen) atoms. The second kappa shape index (κ2) is 6.40. The van der Waals surface area contributed by atoms with Gasteiger partial charge in [0, 0.05) is 10.0 Å². The van der Waals surface area contributed by atoms with E-state index in [1.54, 1.807) is 0 Å². The molecule has 0 unspecified atom stereocenters. The number of fused-ring (bicyclic) bond motifs is 1. The number of imidazole rings is 1. The molecule has 0 spiro atoms. The number of thioether (sulfide) groups is 1. The van der Waals surface area contributed by atoms with Crippen LogP contribution in [0.5, 0.6) is 0 Å². The first-order valence-electron chi connectivity index (χ1n) is 6.88. The van der Waals surface area contributed by atoms with Gasteiger partial charge >= 0.3 is 5.97 Å². The number of carboxylic acid groups (broad SMARTS) is 1. The lowest BCUT2D eigenvalue weighted by Gasteiger charge is -2.29. The fourth-order valence-electron chi connectivity index (χ4n) is 2.56. The lowest BCUT2D eigenvalue weighted by molar-refractivity contribution is -0.133. The van der Waals surface area contributed by atoms with Crippen molar-refractivity contribution in [3.05, 3.63) is 22.7 Å². The van der Waals surface area contributed by atoms with Gasteiger partial charge in [-0.3, -0.25) is 4.79 Å². The van der Waals surface area contributed by atoms with E-state index in [1.807, 2.05) is 18.2 Å². The summed E-state index contributed by atoms with van der Waals surface area (Å²) in [7, 11) is 0. The molecule has 0 fully saturated rings. The van der Waals surface area contributed by atoms with E-state index in [1.165, 1.54) is 11.8 Å². The normalized spacial score (nSPS) is 12.0. The number of aliphatic carboxylic acids is 1. The largest absolute Gasteiger partial charge is 0.481 e. The molecule has 0 saturated carbocycles. The summed E-state index contributed by atoms with van der Waals surface area (Å²) in [5.41, 5.74) is 1.83. The van der Waals surface area contributed by atoms with Gasteiger partial charge in [0.1, 0.15) is 0 Å². The van der Waals surface area contributed by atoms with Gasteiger partial charge in [0.05, 0.1) is 16.8 Å². The van der Waals surface area contributed by atoms with Gasteiger partial charge in [-0.25, -0.2) is 4.98 Å².